The molecule has 2 fully saturated rings. The number of rotatable bonds is 10. The third-order valence-electron chi connectivity index (χ3n) is 9.22. The summed E-state index contributed by atoms with van der Waals surface area (Å²) in [6.07, 6.45) is 5.26. The smallest absolute Gasteiger partial charge is 0.273 e. The lowest BCUT2D eigenvalue weighted by Gasteiger charge is -2.50. The molecule has 3 aliphatic rings. The number of carbonyl (C=O) groups is 2. The topological polar surface area (TPSA) is 133 Å². The first-order chi connectivity index (χ1) is 23.6. The van der Waals surface area contributed by atoms with Gasteiger partial charge in [0, 0.05) is 63.0 Å². The van der Waals surface area contributed by atoms with Gasteiger partial charge in [-0.25, -0.2) is 4.98 Å². The second kappa shape index (κ2) is 14.2. The zero-order valence-corrected chi connectivity index (χ0v) is 29.3. The monoisotopic (exact) mass is 674 g/mol. The van der Waals surface area contributed by atoms with Gasteiger partial charge >= 0.3 is 0 Å². The molecule has 0 spiro atoms. The van der Waals surface area contributed by atoms with Gasteiger partial charge in [0.2, 0.25) is 0 Å². The fourth-order valence-corrected chi connectivity index (χ4v) is 6.75. The van der Waals surface area contributed by atoms with E-state index in [1.807, 2.05) is 41.4 Å². The Labute approximate surface area is 294 Å². The van der Waals surface area contributed by atoms with Crippen molar-refractivity contribution in [3.8, 4) is 11.1 Å². The molecule has 1 saturated carbocycles. The molecule has 15 heteroatoms. The van der Waals surface area contributed by atoms with Gasteiger partial charge in [-0.05, 0) is 49.1 Å². The molecule has 4 radical (unpaired) electrons. The van der Waals surface area contributed by atoms with E-state index in [4.69, 9.17) is 25.8 Å². The number of aromatic nitrogens is 5. The van der Waals surface area contributed by atoms with Crippen LogP contribution in [0.4, 0.5) is 22.9 Å². The number of pyridine rings is 1. The summed E-state index contributed by atoms with van der Waals surface area (Å²) in [5.41, 5.74) is 6.52. The maximum Gasteiger partial charge on any atom is 0.273 e. The lowest BCUT2D eigenvalue weighted by atomic mass is 9.57. The SMILES string of the molecule is O=CC1CC1.[B]C([B])(c1cccc(SCC)n1)N1CC(n2ncc3c2C(C)N(C)c2c(Nc4cc(NC)nnc4C(=O)NC)cccc2-3)C1. The molecule has 1 amide bonds. The number of fused-ring (bicyclic) bond motifs is 3. The first kappa shape index (κ1) is 34.5. The summed E-state index contributed by atoms with van der Waals surface area (Å²) in [6.45, 7) is 5.58. The van der Waals surface area contributed by atoms with E-state index >= 15 is 0 Å². The third kappa shape index (κ3) is 6.78. The summed E-state index contributed by atoms with van der Waals surface area (Å²) in [5.74, 6) is 1.61. The Morgan fingerprint density at radius 1 is 1.08 bits per heavy atom. The first-order valence-electron chi connectivity index (χ1n) is 16.5. The number of carbonyl (C=O) groups excluding carboxylic acids is 2. The van der Waals surface area contributed by atoms with Crippen LogP contribution in [-0.2, 0) is 10.1 Å². The van der Waals surface area contributed by atoms with Gasteiger partial charge in [0.05, 0.1) is 61.8 Å². The van der Waals surface area contributed by atoms with E-state index < -0.39 is 5.34 Å². The van der Waals surface area contributed by atoms with Crippen LogP contribution in [0.15, 0.2) is 53.7 Å². The highest BCUT2D eigenvalue weighted by Gasteiger charge is 2.42. The van der Waals surface area contributed by atoms with Gasteiger partial charge in [-0.1, -0.05) is 25.1 Å². The van der Waals surface area contributed by atoms with Crippen LogP contribution in [0.25, 0.3) is 11.1 Å². The van der Waals surface area contributed by atoms with Crippen molar-refractivity contribution in [2.45, 2.75) is 49.1 Å². The lowest BCUT2D eigenvalue weighted by molar-refractivity contribution is -0.108. The van der Waals surface area contributed by atoms with Crippen molar-refractivity contribution in [3.63, 3.8) is 0 Å². The molecule has 0 bridgehead atoms. The number of nitrogens with one attached hydrogen (secondary N) is 3. The predicted molar refractivity (Wildman–Crippen MR) is 196 cm³/mol. The van der Waals surface area contributed by atoms with Gasteiger partial charge in [-0.15, -0.1) is 22.0 Å². The molecule has 3 aromatic heterocycles. The Morgan fingerprint density at radius 2 is 1.84 bits per heavy atom. The number of amides is 1. The van der Waals surface area contributed by atoms with Crippen LogP contribution < -0.4 is 20.9 Å². The second-order valence-electron chi connectivity index (χ2n) is 12.5. The van der Waals surface area contributed by atoms with Crippen LogP contribution in [0, 0.1) is 5.92 Å². The summed E-state index contributed by atoms with van der Waals surface area (Å²) < 4.78 is 2.12. The predicted octanol–water partition coefficient (Wildman–Crippen LogP) is 4.10. The highest BCUT2D eigenvalue weighted by Crippen LogP contribution is 2.49. The quantitative estimate of drug-likeness (QED) is 0.128. The number of nitrogens with zero attached hydrogens (tertiary/aromatic N) is 7. The van der Waals surface area contributed by atoms with Gasteiger partial charge in [0.15, 0.2) is 11.5 Å². The average molecular weight is 674 g/mol. The number of benzene rings is 1. The second-order valence-corrected chi connectivity index (χ2v) is 13.8. The molecule has 1 unspecified atom stereocenters. The van der Waals surface area contributed by atoms with Crippen LogP contribution in [0.5, 0.6) is 0 Å². The van der Waals surface area contributed by atoms with Crippen molar-refractivity contribution in [3.05, 3.63) is 65.7 Å². The number of aldehydes is 1. The van der Waals surface area contributed by atoms with Gasteiger partial charge < -0.3 is 30.5 Å². The van der Waals surface area contributed by atoms with E-state index in [9.17, 15) is 9.59 Å². The van der Waals surface area contributed by atoms with E-state index in [-0.39, 0.29) is 23.7 Å². The Hall–Kier alpha value is -4.36. The molecule has 1 saturated heterocycles. The largest absolute Gasteiger partial charge is 0.372 e. The van der Waals surface area contributed by atoms with Crippen molar-refractivity contribution in [2.24, 2.45) is 5.92 Å². The highest BCUT2D eigenvalue weighted by molar-refractivity contribution is 7.99. The number of para-hydroxylation sites is 1. The zero-order chi connectivity index (χ0) is 34.9. The first-order valence-corrected chi connectivity index (χ1v) is 17.5. The Bertz CT molecular complexity index is 1840. The zero-order valence-electron chi connectivity index (χ0n) is 28.5. The van der Waals surface area contributed by atoms with E-state index in [0.29, 0.717) is 36.2 Å². The van der Waals surface area contributed by atoms with Gasteiger partial charge in [0.1, 0.15) is 6.29 Å². The summed E-state index contributed by atoms with van der Waals surface area (Å²) in [5, 5.41) is 22.0. The molecule has 3 N–H and O–H groups in total. The third-order valence-corrected chi connectivity index (χ3v) is 10.0. The molecule has 49 heavy (non-hydrogen) atoms. The van der Waals surface area contributed by atoms with Crippen molar-refractivity contribution >= 4 is 62.5 Å². The fourth-order valence-electron chi connectivity index (χ4n) is 6.12. The molecule has 2 aliphatic heterocycles. The summed E-state index contributed by atoms with van der Waals surface area (Å²) >= 11 is 1.67. The molecule has 1 aromatic carbocycles. The van der Waals surface area contributed by atoms with Crippen molar-refractivity contribution in [1.29, 1.82) is 0 Å². The summed E-state index contributed by atoms with van der Waals surface area (Å²) in [4.78, 5) is 31.1. The molecule has 4 aromatic rings. The molecule has 250 valence electrons. The van der Waals surface area contributed by atoms with Gasteiger partial charge in [-0.3, -0.25) is 9.48 Å². The normalized spacial score (nSPS) is 17.2. The number of likely N-dealkylation sites (tertiary alicyclic amines) is 1. The highest BCUT2D eigenvalue weighted by atomic mass is 32.2. The molecule has 1 atom stereocenters. The van der Waals surface area contributed by atoms with E-state index in [2.05, 4.69) is 62.7 Å². The van der Waals surface area contributed by atoms with Crippen molar-refractivity contribution in [1.82, 2.24) is 35.2 Å². The number of anilines is 4. The number of thioether (sulfide) groups is 1. The van der Waals surface area contributed by atoms with Crippen molar-refractivity contribution < 1.29 is 9.59 Å². The summed E-state index contributed by atoms with van der Waals surface area (Å²) in [6, 6.07) is 13.8. The summed E-state index contributed by atoms with van der Waals surface area (Å²) in [7, 11) is 18.7. The van der Waals surface area contributed by atoms with E-state index in [1.165, 1.54) is 0 Å². The van der Waals surface area contributed by atoms with Gasteiger partial charge in [-0.2, -0.15) is 5.10 Å². The molecular weight excluding hydrogens is 634 g/mol. The molecule has 12 nitrogen and oxygen atoms in total. The fraction of sp³-hybridized carbons (Fsp3) is 0.412. The number of hydrogen-bond acceptors (Lipinski definition) is 11. The number of hydrogen-bond donors (Lipinski definition) is 3. The Balaban J connectivity index is 0.000000765. The average Bonchev–Trinajstić information content (AvgIpc) is 3.84. The molecule has 1 aliphatic carbocycles. The van der Waals surface area contributed by atoms with E-state index in [1.54, 1.807) is 31.9 Å². The standard InChI is InChI=1S/C30H34B2N10OS.C4H6O/c1-6-44-25-12-8-11-23(37-25)30(31,32)41-15-18(16-41)42-27-17(2)40(5)28-19(20(27)14-35-42)9-7-10-21(28)36-22-13-24(33-3)38-39-26(22)29(43)34-4;5-3-4-1-2-4/h7-14,17-18H,6,15-16H2,1-5H3,(H,34,43)(H2,33,36,38);3-4H,1-2H2. The molecule has 7 rings (SSSR count). The molecular formula is C34H40B2N10O2S. The lowest BCUT2D eigenvalue weighted by Crippen LogP contribution is -2.60. The minimum atomic E-state index is -1.17. The maximum atomic E-state index is 12.6. The minimum absolute atomic E-state index is 0.0174. The van der Waals surface area contributed by atoms with E-state index in [0.717, 1.165) is 58.1 Å². The van der Waals surface area contributed by atoms with Crippen LogP contribution in [0.3, 0.4) is 0 Å². The molecule has 5 heterocycles. The van der Waals surface area contributed by atoms with Crippen LogP contribution in [-0.4, -0.2) is 97.7 Å². The van der Waals surface area contributed by atoms with Crippen LogP contribution >= 0.6 is 11.8 Å². The van der Waals surface area contributed by atoms with Crippen LogP contribution in [0.2, 0.25) is 0 Å². The minimum Gasteiger partial charge on any atom is -0.372 e. The Morgan fingerprint density at radius 3 is 2.49 bits per heavy atom. The van der Waals surface area contributed by atoms with Gasteiger partial charge in [0.25, 0.3) is 5.91 Å². The van der Waals surface area contributed by atoms with Crippen molar-refractivity contribution in [2.75, 3.05) is 55.5 Å². The maximum absolute atomic E-state index is 12.6. The Kier molecular flexibility index (Phi) is 10.0. The van der Waals surface area contributed by atoms with Crippen LogP contribution in [0.1, 0.15) is 60.6 Å².